The van der Waals surface area contributed by atoms with E-state index < -0.39 is 34.8 Å². The van der Waals surface area contributed by atoms with Gasteiger partial charge in [-0.25, -0.2) is 9.18 Å². The number of halogens is 1. The van der Waals surface area contributed by atoms with Crippen LogP contribution in [0.15, 0.2) is 30.3 Å². The number of methoxy groups -OCH3 is 1. The largest absolute Gasteiger partial charge is 0.478 e. The molecule has 2 aromatic rings. The average molecular weight is 402 g/mol. The molecule has 2 aromatic carbocycles. The second kappa shape index (κ2) is 8.05. The lowest BCUT2D eigenvalue weighted by Gasteiger charge is -2.18. The molecule has 1 aliphatic heterocycles. The molecule has 0 saturated carbocycles. The van der Waals surface area contributed by atoms with E-state index in [1.807, 2.05) is 0 Å². The van der Waals surface area contributed by atoms with Crippen LogP contribution in [0.2, 0.25) is 0 Å². The number of nitrogens with one attached hydrogen (secondary N) is 1. The summed E-state index contributed by atoms with van der Waals surface area (Å²) in [6.45, 7) is -0.687. The van der Waals surface area contributed by atoms with E-state index in [0.717, 1.165) is 25.3 Å². The first-order valence-corrected chi connectivity index (χ1v) is 8.45. The normalized spacial score (nSPS) is 12.6. The minimum Gasteiger partial charge on any atom is -0.478 e. The van der Waals surface area contributed by atoms with E-state index in [9.17, 15) is 28.9 Å². The SMILES string of the molecule is COC(=O)c1ccc([N+](=O)[O-])c(OCC(=O)c2cc3c(cc2F)NC(=O)CC3)c1. The minimum absolute atomic E-state index is 0.00347. The van der Waals surface area contributed by atoms with Gasteiger partial charge in [0.25, 0.3) is 0 Å². The van der Waals surface area contributed by atoms with Crippen LogP contribution < -0.4 is 10.1 Å². The van der Waals surface area contributed by atoms with Gasteiger partial charge < -0.3 is 14.8 Å². The highest BCUT2D eigenvalue weighted by Gasteiger charge is 2.23. The molecule has 1 aliphatic rings. The molecule has 3 rings (SSSR count). The van der Waals surface area contributed by atoms with E-state index in [1.54, 1.807) is 0 Å². The Morgan fingerprint density at radius 1 is 1.24 bits per heavy atom. The fourth-order valence-corrected chi connectivity index (χ4v) is 2.86. The summed E-state index contributed by atoms with van der Waals surface area (Å²) in [6, 6.07) is 5.70. The Morgan fingerprint density at radius 3 is 2.69 bits per heavy atom. The lowest BCUT2D eigenvalue weighted by atomic mass is 9.98. The van der Waals surface area contributed by atoms with Gasteiger partial charge in [0.2, 0.25) is 11.7 Å². The fourth-order valence-electron chi connectivity index (χ4n) is 2.86. The lowest BCUT2D eigenvalue weighted by Crippen LogP contribution is -2.21. The quantitative estimate of drug-likeness (QED) is 0.341. The first-order valence-electron chi connectivity index (χ1n) is 8.45. The summed E-state index contributed by atoms with van der Waals surface area (Å²) in [5.41, 5.74) is 0.188. The van der Waals surface area contributed by atoms with Crippen LogP contribution in [-0.2, 0) is 16.0 Å². The number of rotatable bonds is 6. The van der Waals surface area contributed by atoms with Gasteiger partial charge in [0.1, 0.15) is 5.82 Å². The van der Waals surface area contributed by atoms with Crippen LogP contribution in [0.3, 0.4) is 0 Å². The van der Waals surface area contributed by atoms with Crippen molar-refractivity contribution in [2.24, 2.45) is 0 Å². The third-order valence-corrected chi connectivity index (χ3v) is 4.33. The number of fused-ring (bicyclic) bond motifs is 1. The molecule has 0 radical (unpaired) electrons. The Kier molecular flexibility index (Phi) is 5.53. The monoisotopic (exact) mass is 402 g/mol. The van der Waals surface area contributed by atoms with Crippen LogP contribution in [0.4, 0.5) is 15.8 Å². The molecule has 0 unspecified atom stereocenters. The van der Waals surface area contributed by atoms with Gasteiger partial charge in [0, 0.05) is 24.2 Å². The molecule has 0 aliphatic carbocycles. The molecule has 0 fully saturated rings. The lowest BCUT2D eigenvalue weighted by molar-refractivity contribution is -0.385. The highest BCUT2D eigenvalue weighted by Crippen LogP contribution is 2.29. The molecule has 150 valence electrons. The first kappa shape index (κ1) is 19.9. The summed E-state index contributed by atoms with van der Waals surface area (Å²) < 4.78 is 24.1. The number of ketones is 1. The Morgan fingerprint density at radius 2 is 2.00 bits per heavy atom. The summed E-state index contributed by atoms with van der Waals surface area (Å²) in [5, 5.41) is 13.7. The Balaban J connectivity index is 1.83. The fraction of sp³-hybridized carbons (Fsp3) is 0.211. The number of benzene rings is 2. The van der Waals surface area contributed by atoms with Crippen molar-refractivity contribution in [1.29, 1.82) is 0 Å². The van der Waals surface area contributed by atoms with E-state index >= 15 is 0 Å². The van der Waals surface area contributed by atoms with Gasteiger partial charge >= 0.3 is 11.7 Å². The molecule has 9 nitrogen and oxygen atoms in total. The molecule has 0 saturated heterocycles. The summed E-state index contributed by atoms with van der Waals surface area (Å²) in [5.74, 6) is -2.90. The number of hydrogen-bond donors (Lipinski definition) is 1. The Bertz CT molecular complexity index is 1040. The van der Waals surface area contributed by atoms with Crippen LogP contribution in [0, 0.1) is 15.9 Å². The molecule has 1 N–H and O–H groups in total. The van der Waals surface area contributed by atoms with Crippen LogP contribution in [0.25, 0.3) is 0 Å². The number of esters is 1. The zero-order valence-electron chi connectivity index (χ0n) is 15.2. The molecule has 0 aromatic heterocycles. The van der Waals surface area contributed by atoms with Crippen molar-refractivity contribution >= 4 is 29.0 Å². The van der Waals surface area contributed by atoms with Crippen molar-refractivity contribution in [2.75, 3.05) is 19.0 Å². The number of ether oxygens (including phenoxy) is 2. The highest BCUT2D eigenvalue weighted by atomic mass is 19.1. The van der Waals surface area contributed by atoms with Crippen molar-refractivity contribution in [3.63, 3.8) is 0 Å². The van der Waals surface area contributed by atoms with Crippen molar-refractivity contribution in [1.82, 2.24) is 0 Å². The maximum Gasteiger partial charge on any atom is 0.337 e. The van der Waals surface area contributed by atoms with Gasteiger partial charge in [-0.3, -0.25) is 19.7 Å². The third kappa shape index (κ3) is 4.21. The number of nitro groups is 1. The van der Waals surface area contributed by atoms with E-state index in [-0.39, 0.29) is 29.2 Å². The summed E-state index contributed by atoms with van der Waals surface area (Å²) in [7, 11) is 1.15. The number of hydrogen-bond acceptors (Lipinski definition) is 7. The Labute approximate surface area is 163 Å². The maximum absolute atomic E-state index is 14.3. The molecule has 10 heteroatoms. The predicted molar refractivity (Wildman–Crippen MR) is 97.6 cm³/mol. The number of anilines is 1. The molecule has 29 heavy (non-hydrogen) atoms. The van der Waals surface area contributed by atoms with Gasteiger partial charge in [-0.05, 0) is 30.2 Å². The van der Waals surface area contributed by atoms with Gasteiger partial charge in [-0.15, -0.1) is 0 Å². The molecule has 1 heterocycles. The van der Waals surface area contributed by atoms with E-state index in [2.05, 4.69) is 10.1 Å². The van der Waals surface area contributed by atoms with Crippen molar-refractivity contribution < 1.29 is 33.2 Å². The molecule has 1 amide bonds. The predicted octanol–water partition coefficient (Wildman–Crippen LogP) is 2.67. The standard InChI is InChI=1S/C19H15FN2O7/c1-28-19(25)11-2-4-15(22(26)27)17(7-11)29-9-16(23)12-6-10-3-5-18(24)21-14(10)8-13(12)20/h2,4,6-8H,3,5,9H2,1H3,(H,21,24). The first-order chi connectivity index (χ1) is 13.8. The molecular weight excluding hydrogens is 387 g/mol. The summed E-state index contributed by atoms with van der Waals surface area (Å²) in [4.78, 5) is 45.9. The summed E-state index contributed by atoms with van der Waals surface area (Å²) in [6.07, 6.45) is 0.574. The summed E-state index contributed by atoms with van der Waals surface area (Å²) >= 11 is 0. The zero-order valence-corrected chi connectivity index (χ0v) is 15.2. The van der Waals surface area contributed by atoms with Crippen molar-refractivity contribution in [3.8, 4) is 5.75 Å². The highest BCUT2D eigenvalue weighted by molar-refractivity contribution is 6.00. The number of carbonyl (C=O) groups is 3. The molecular formula is C19H15FN2O7. The van der Waals surface area contributed by atoms with Crippen LogP contribution in [-0.4, -0.2) is 36.3 Å². The smallest absolute Gasteiger partial charge is 0.337 e. The van der Waals surface area contributed by atoms with Gasteiger partial charge in [0.15, 0.2) is 12.4 Å². The number of amides is 1. The van der Waals surface area contributed by atoms with Crippen LogP contribution >= 0.6 is 0 Å². The van der Waals surface area contributed by atoms with Crippen molar-refractivity contribution in [3.05, 3.63) is 63.0 Å². The van der Waals surface area contributed by atoms with Crippen LogP contribution in [0.5, 0.6) is 5.75 Å². The zero-order chi connectivity index (χ0) is 21.1. The van der Waals surface area contributed by atoms with Gasteiger partial charge in [-0.2, -0.15) is 0 Å². The van der Waals surface area contributed by atoms with Gasteiger partial charge in [-0.1, -0.05) is 0 Å². The van der Waals surface area contributed by atoms with E-state index in [1.165, 1.54) is 12.1 Å². The maximum atomic E-state index is 14.3. The topological polar surface area (TPSA) is 125 Å². The number of nitro benzene ring substituents is 1. The van der Waals surface area contributed by atoms with E-state index in [0.29, 0.717) is 17.7 Å². The second-order valence-corrected chi connectivity index (χ2v) is 6.18. The average Bonchev–Trinajstić information content (AvgIpc) is 2.70. The molecule has 0 spiro atoms. The molecule has 0 bridgehead atoms. The number of aryl methyl sites for hydroxylation is 1. The number of nitrogens with zero attached hydrogens (tertiary/aromatic N) is 1. The third-order valence-electron chi connectivity index (χ3n) is 4.33. The number of Topliss-reactive ketones (excluding diaryl/α,β-unsaturated/α-hetero) is 1. The van der Waals surface area contributed by atoms with E-state index in [4.69, 9.17) is 4.74 Å². The van der Waals surface area contributed by atoms with Gasteiger partial charge in [0.05, 0.1) is 23.2 Å². The Hall–Kier alpha value is -3.82. The second-order valence-electron chi connectivity index (χ2n) is 6.18. The van der Waals surface area contributed by atoms with Crippen LogP contribution in [0.1, 0.15) is 32.7 Å². The molecule has 0 atom stereocenters. The minimum atomic E-state index is -0.850. The number of carbonyl (C=O) groups excluding carboxylic acids is 3. The van der Waals surface area contributed by atoms with Crippen molar-refractivity contribution in [2.45, 2.75) is 12.8 Å².